The first-order valence-corrected chi connectivity index (χ1v) is 12.0. The molecule has 3 amide bonds. The van der Waals surface area contributed by atoms with Crippen molar-refractivity contribution in [3.63, 3.8) is 0 Å². The minimum atomic E-state index is -1.16. The van der Waals surface area contributed by atoms with Crippen LogP contribution in [0.1, 0.15) is 57.4 Å². The van der Waals surface area contributed by atoms with Crippen LogP contribution in [-0.4, -0.2) is 43.8 Å². The van der Waals surface area contributed by atoms with Gasteiger partial charge in [-0.3, -0.25) is 14.4 Å². The minimum absolute atomic E-state index is 0.0411. The molecule has 0 spiro atoms. The number of fused-ring (bicyclic) bond motifs is 1. The Kier molecular flexibility index (Phi) is 5.86. The number of aryl methyl sites for hydroxylation is 2. The number of carbonyl (C=O) groups is 3. The molecule has 5 rings (SSSR count). The summed E-state index contributed by atoms with van der Waals surface area (Å²) in [5.41, 5.74) is 2.46. The van der Waals surface area contributed by atoms with Gasteiger partial charge in [0.25, 0.3) is 11.8 Å². The first kappa shape index (κ1) is 23.7. The van der Waals surface area contributed by atoms with Gasteiger partial charge in [-0.1, -0.05) is 29.8 Å². The standard InChI is InChI=1S/C27H28FN5O3/c1-16-4-11-21(17(2)12-16)31-24(34)22-23-25(35)33(20-9-10-20)27(3,14-32(23)15-30-22)26(36)29-13-18-5-7-19(28)8-6-18/h4-8,11-12,15,20H,9-10,13-14H2,1-3H3,(H,29,36)(H,31,34)/t27-/m1/s1. The van der Waals surface area contributed by atoms with E-state index in [0.717, 1.165) is 29.5 Å². The van der Waals surface area contributed by atoms with E-state index in [4.69, 9.17) is 0 Å². The van der Waals surface area contributed by atoms with Crippen LogP contribution in [0.2, 0.25) is 0 Å². The summed E-state index contributed by atoms with van der Waals surface area (Å²) in [5, 5.41) is 5.76. The minimum Gasteiger partial charge on any atom is -0.350 e. The molecule has 0 bridgehead atoms. The van der Waals surface area contributed by atoms with Crippen molar-refractivity contribution in [2.24, 2.45) is 0 Å². The van der Waals surface area contributed by atoms with Gasteiger partial charge in [-0.25, -0.2) is 9.37 Å². The van der Waals surface area contributed by atoms with Gasteiger partial charge in [0.2, 0.25) is 5.91 Å². The fourth-order valence-corrected chi connectivity index (χ4v) is 4.83. The van der Waals surface area contributed by atoms with Crippen LogP contribution in [0.5, 0.6) is 0 Å². The summed E-state index contributed by atoms with van der Waals surface area (Å²) >= 11 is 0. The summed E-state index contributed by atoms with van der Waals surface area (Å²) in [6, 6.07) is 11.5. The largest absolute Gasteiger partial charge is 0.350 e. The molecular weight excluding hydrogens is 461 g/mol. The Bertz CT molecular complexity index is 1360. The molecule has 1 aromatic heterocycles. The SMILES string of the molecule is Cc1ccc(NC(=O)c2ncn3c2C(=O)N(C2CC2)[C@@](C)(C(=O)NCc2ccc(F)cc2)C3)c(C)c1. The van der Waals surface area contributed by atoms with Crippen LogP contribution in [0, 0.1) is 19.7 Å². The number of carbonyl (C=O) groups excluding carboxylic acids is 3. The van der Waals surface area contributed by atoms with E-state index in [1.54, 1.807) is 28.5 Å². The van der Waals surface area contributed by atoms with Crippen molar-refractivity contribution < 1.29 is 18.8 Å². The Morgan fingerprint density at radius 1 is 1.14 bits per heavy atom. The number of halogens is 1. The van der Waals surface area contributed by atoms with Crippen LogP contribution in [0.15, 0.2) is 48.8 Å². The molecule has 0 unspecified atom stereocenters. The lowest BCUT2D eigenvalue weighted by atomic mass is 9.93. The highest BCUT2D eigenvalue weighted by atomic mass is 19.1. The van der Waals surface area contributed by atoms with Crippen molar-refractivity contribution in [3.8, 4) is 0 Å². The van der Waals surface area contributed by atoms with Gasteiger partial charge in [0, 0.05) is 18.3 Å². The van der Waals surface area contributed by atoms with Gasteiger partial charge in [-0.05, 0) is 62.9 Å². The van der Waals surface area contributed by atoms with Gasteiger partial charge in [0.05, 0.1) is 12.9 Å². The highest BCUT2D eigenvalue weighted by Crippen LogP contribution is 2.39. The smallest absolute Gasteiger partial charge is 0.276 e. The summed E-state index contributed by atoms with van der Waals surface area (Å²) in [4.78, 5) is 46.2. The molecule has 1 aliphatic heterocycles. The van der Waals surface area contributed by atoms with Gasteiger partial charge in [-0.2, -0.15) is 0 Å². The Morgan fingerprint density at radius 3 is 2.53 bits per heavy atom. The Labute approximate surface area is 208 Å². The number of imidazole rings is 1. The summed E-state index contributed by atoms with van der Waals surface area (Å²) in [5.74, 6) is -1.51. The van der Waals surface area contributed by atoms with E-state index in [2.05, 4.69) is 15.6 Å². The number of rotatable bonds is 6. The molecule has 36 heavy (non-hydrogen) atoms. The molecule has 2 heterocycles. The van der Waals surface area contributed by atoms with Crippen molar-refractivity contribution >= 4 is 23.4 Å². The van der Waals surface area contributed by atoms with Gasteiger partial charge in [-0.15, -0.1) is 0 Å². The van der Waals surface area contributed by atoms with E-state index >= 15 is 0 Å². The molecule has 9 heteroatoms. The second-order valence-electron chi connectivity index (χ2n) is 9.83. The van der Waals surface area contributed by atoms with Crippen molar-refractivity contribution in [2.75, 3.05) is 5.32 Å². The summed E-state index contributed by atoms with van der Waals surface area (Å²) in [6.45, 7) is 6.00. The number of nitrogens with zero attached hydrogens (tertiary/aromatic N) is 3. The van der Waals surface area contributed by atoms with E-state index in [1.807, 2.05) is 32.0 Å². The fraction of sp³-hybridized carbons (Fsp3) is 0.333. The van der Waals surface area contributed by atoms with Crippen molar-refractivity contribution in [1.82, 2.24) is 19.8 Å². The van der Waals surface area contributed by atoms with Gasteiger partial charge in [0.15, 0.2) is 5.69 Å². The van der Waals surface area contributed by atoms with Crippen LogP contribution in [0.25, 0.3) is 0 Å². The molecule has 8 nitrogen and oxygen atoms in total. The zero-order valence-corrected chi connectivity index (χ0v) is 20.5. The van der Waals surface area contributed by atoms with Crippen LogP contribution < -0.4 is 10.6 Å². The average Bonchev–Trinajstić information content (AvgIpc) is 3.57. The van der Waals surface area contributed by atoms with Crippen LogP contribution >= 0.6 is 0 Å². The zero-order chi connectivity index (χ0) is 25.6. The Hall–Kier alpha value is -4.01. The Balaban J connectivity index is 1.40. The normalized spacial score (nSPS) is 19.1. The predicted octanol–water partition coefficient (Wildman–Crippen LogP) is 3.58. The molecule has 186 valence electrons. The highest BCUT2D eigenvalue weighted by Gasteiger charge is 2.53. The zero-order valence-electron chi connectivity index (χ0n) is 20.5. The molecule has 1 atom stereocenters. The molecule has 2 N–H and O–H groups in total. The third-order valence-corrected chi connectivity index (χ3v) is 6.88. The molecule has 2 aliphatic rings. The molecule has 3 aromatic rings. The molecule has 1 aliphatic carbocycles. The second-order valence-corrected chi connectivity index (χ2v) is 9.83. The van der Waals surface area contributed by atoms with Crippen molar-refractivity contribution in [1.29, 1.82) is 0 Å². The van der Waals surface area contributed by atoms with Crippen molar-refractivity contribution in [3.05, 3.63) is 82.7 Å². The maximum Gasteiger partial charge on any atom is 0.276 e. The van der Waals surface area contributed by atoms with E-state index in [9.17, 15) is 18.8 Å². The molecular formula is C27H28FN5O3. The number of hydrogen-bond donors (Lipinski definition) is 2. The third-order valence-electron chi connectivity index (χ3n) is 6.88. The van der Waals surface area contributed by atoms with E-state index < -0.39 is 11.4 Å². The topological polar surface area (TPSA) is 96.3 Å². The van der Waals surface area contributed by atoms with E-state index in [-0.39, 0.29) is 48.2 Å². The maximum absolute atomic E-state index is 13.7. The molecule has 0 radical (unpaired) electrons. The Morgan fingerprint density at radius 2 is 1.86 bits per heavy atom. The van der Waals surface area contributed by atoms with Crippen LogP contribution in [0.3, 0.4) is 0 Å². The van der Waals surface area contributed by atoms with E-state index in [1.165, 1.54) is 18.5 Å². The van der Waals surface area contributed by atoms with E-state index in [0.29, 0.717) is 5.69 Å². The molecule has 1 fully saturated rings. The van der Waals surface area contributed by atoms with Crippen LogP contribution in [0.4, 0.5) is 10.1 Å². The lowest BCUT2D eigenvalue weighted by Gasteiger charge is -2.44. The number of amides is 3. The number of hydrogen-bond acceptors (Lipinski definition) is 4. The fourth-order valence-electron chi connectivity index (χ4n) is 4.83. The van der Waals surface area contributed by atoms with Crippen LogP contribution in [-0.2, 0) is 17.9 Å². The summed E-state index contributed by atoms with van der Waals surface area (Å²) in [7, 11) is 0. The predicted molar refractivity (Wildman–Crippen MR) is 132 cm³/mol. The lowest BCUT2D eigenvalue weighted by Crippen LogP contribution is -2.64. The highest BCUT2D eigenvalue weighted by molar-refractivity contribution is 6.12. The quantitative estimate of drug-likeness (QED) is 0.553. The van der Waals surface area contributed by atoms with Gasteiger partial charge >= 0.3 is 0 Å². The number of nitrogens with one attached hydrogen (secondary N) is 2. The van der Waals surface area contributed by atoms with Gasteiger partial charge < -0.3 is 20.1 Å². The number of anilines is 1. The summed E-state index contributed by atoms with van der Waals surface area (Å²) < 4.78 is 14.8. The number of aromatic nitrogens is 2. The number of benzene rings is 2. The first-order valence-electron chi connectivity index (χ1n) is 12.0. The average molecular weight is 490 g/mol. The van der Waals surface area contributed by atoms with Gasteiger partial charge in [0.1, 0.15) is 17.1 Å². The molecule has 0 saturated heterocycles. The third kappa shape index (κ3) is 4.25. The monoisotopic (exact) mass is 489 g/mol. The molecule has 2 aromatic carbocycles. The molecule has 1 saturated carbocycles. The summed E-state index contributed by atoms with van der Waals surface area (Å²) in [6.07, 6.45) is 3.04. The lowest BCUT2D eigenvalue weighted by molar-refractivity contribution is -0.133. The maximum atomic E-state index is 13.7. The first-order chi connectivity index (χ1) is 17.2. The van der Waals surface area contributed by atoms with Crippen molar-refractivity contribution in [2.45, 2.75) is 58.3 Å². The second kappa shape index (κ2) is 8.89.